The molecule has 2 rings (SSSR count). The van der Waals surface area contributed by atoms with Crippen molar-refractivity contribution < 1.29 is 9.18 Å². The van der Waals surface area contributed by atoms with Crippen LogP contribution in [0.3, 0.4) is 0 Å². The number of amides is 1. The Hall–Kier alpha value is -1.65. The number of nitrogens with zero attached hydrogens (tertiary/aromatic N) is 2. The van der Waals surface area contributed by atoms with E-state index in [1.165, 1.54) is 12.8 Å². The van der Waals surface area contributed by atoms with Crippen molar-refractivity contribution >= 4 is 11.7 Å². The first-order valence-electron chi connectivity index (χ1n) is 5.82. The van der Waals surface area contributed by atoms with E-state index < -0.39 is 5.82 Å². The summed E-state index contributed by atoms with van der Waals surface area (Å²) in [4.78, 5) is 17.5. The Labute approximate surface area is 99.6 Å². The minimum Gasteiger partial charge on any atom is -0.383 e. The fourth-order valence-corrected chi connectivity index (χ4v) is 1.76. The predicted molar refractivity (Wildman–Crippen MR) is 62.9 cm³/mol. The zero-order chi connectivity index (χ0) is 12.4. The van der Waals surface area contributed by atoms with Crippen molar-refractivity contribution in [2.45, 2.75) is 19.8 Å². The number of carbonyl (C=O) groups is 1. The highest BCUT2D eigenvalue weighted by Gasteiger charge is 2.27. The van der Waals surface area contributed by atoms with Crippen LogP contribution in [0.25, 0.3) is 0 Å². The van der Waals surface area contributed by atoms with E-state index in [4.69, 9.17) is 5.73 Å². The topological polar surface area (TPSA) is 59.2 Å². The van der Waals surface area contributed by atoms with E-state index in [2.05, 4.69) is 4.98 Å². The molecule has 0 spiro atoms. The van der Waals surface area contributed by atoms with Gasteiger partial charge in [-0.3, -0.25) is 4.79 Å². The van der Waals surface area contributed by atoms with Gasteiger partial charge in [-0.05, 0) is 31.7 Å². The van der Waals surface area contributed by atoms with E-state index in [1.807, 2.05) is 6.92 Å². The number of anilines is 1. The first-order chi connectivity index (χ1) is 8.11. The lowest BCUT2D eigenvalue weighted by molar-refractivity contribution is 0.0757. The number of halogens is 1. The summed E-state index contributed by atoms with van der Waals surface area (Å²) in [6, 6.07) is 1.15. The van der Waals surface area contributed by atoms with Crippen LogP contribution >= 0.6 is 0 Å². The third-order valence-corrected chi connectivity index (χ3v) is 2.96. The number of hydrogen-bond donors (Lipinski definition) is 1. The molecule has 92 valence electrons. The van der Waals surface area contributed by atoms with Crippen LogP contribution in [0.4, 0.5) is 10.2 Å². The van der Waals surface area contributed by atoms with Crippen LogP contribution in [0.15, 0.2) is 12.3 Å². The molecule has 1 aromatic rings. The Balaban J connectivity index is 2.18. The summed E-state index contributed by atoms with van der Waals surface area (Å²) >= 11 is 0. The Morgan fingerprint density at radius 3 is 2.94 bits per heavy atom. The highest BCUT2D eigenvalue weighted by Crippen LogP contribution is 2.30. The van der Waals surface area contributed by atoms with Crippen molar-refractivity contribution in [1.29, 1.82) is 0 Å². The molecule has 0 aliphatic heterocycles. The van der Waals surface area contributed by atoms with Crippen LogP contribution in [0.5, 0.6) is 0 Å². The number of carbonyl (C=O) groups excluding carboxylic acids is 1. The minimum absolute atomic E-state index is 0.0886. The van der Waals surface area contributed by atoms with Gasteiger partial charge in [0.1, 0.15) is 11.6 Å². The smallest absolute Gasteiger partial charge is 0.257 e. The largest absolute Gasteiger partial charge is 0.383 e. The molecule has 17 heavy (non-hydrogen) atoms. The normalized spacial score (nSPS) is 14.7. The maximum absolute atomic E-state index is 13.1. The third kappa shape index (κ3) is 2.72. The van der Waals surface area contributed by atoms with Crippen molar-refractivity contribution in [1.82, 2.24) is 9.88 Å². The first kappa shape index (κ1) is 11.8. The van der Waals surface area contributed by atoms with Gasteiger partial charge in [0.15, 0.2) is 0 Å². The van der Waals surface area contributed by atoms with Gasteiger partial charge in [-0.2, -0.15) is 0 Å². The molecule has 1 aromatic heterocycles. The number of nitrogen functional groups attached to an aromatic ring is 1. The summed E-state index contributed by atoms with van der Waals surface area (Å²) < 4.78 is 13.1. The van der Waals surface area contributed by atoms with E-state index in [0.29, 0.717) is 12.5 Å². The van der Waals surface area contributed by atoms with Crippen molar-refractivity contribution in [2.24, 2.45) is 5.92 Å². The van der Waals surface area contributed by atoms with Crippen LogP contribution in [0, 0.1) is 11.7 Å². The zero-order valence-electron chi connectivity index (χ0n) is 9.82. The monoisotopic (exact) mass is 237 g/mol. The molecular weight excluding hydrogens is 221 g/mol. The van der Waals surface area contributed by atoms with Crippen molar-refractivity contribution in [3.63, 3.8) is 0 Å². The van der Waals surface area contributed by atoms with Gasteiger partial charge in [-0.15, -0.1) is 0 Å². The summed E-state index contributed by atoms with van der Waals surface area (Å²) in [6.07, 6.45) is 3.35. The Bertz CT molecular complexity index is 432. The standard InChI is InChI=1S/C12H16FN3O/c1-2-16(7-8-3-4-8)12(17)10-5-9(13)6-15-11(10)14/h5-6,8H,2-4,7H2,1H3,(H2,14,15). The molecule has 0 radical (unpaired) electrons. The molecular formula is C12H16FN3O. The number of aromatic nitrogens is 1. The quantitative estimate of drug-likeness (QED) is 0.866. The zero-order valence-corrected chi connectivity index (χ0v) is 9.82. The summed E-state index contributed by atoms with van der Waals surface area (Å²) in [5, 5.41) is 0. The molecule has 1 fully saturated rings. The van der Waals surface area contributed by atoms with Crippen LogP contribution in [-0.2, 0) is 0 Å². The van der Waals surface area contributed by atoms with Gasteiger partial charge >= 0.3 is 0 Å². The van der Waals surface area contributed by atoms with Crippen LogP contribution in [-0.4, -0.2) is 28.9 Å². The van der Waals surface area contributed by atoms with Gasteiger partial charge in [0.2, 0.25) is 0 Å². The molecule has 0 aromatic carbocycles. The SMILES string of the molecule is CCN(CC1CC1)C(=O)c1cc(F)cnc1N. The summed E-state index contributed by atoms with van der Waals surface area (Å²) in [5.74, 6) is -0.0822. The van der Waals surface area contributed by atoms with Gasteiger partial charge in [-0.1, -0.05) is 0 Å². The lowest BCUT2D eigenvalue weighted by Gasteiger charge is -2.21. The molecule has 0 unspecified atom stereocenters. The van der Waals surface area contributed by atoms with Crippen molar-refractivity contribution in [3.8, 4) is 0 Å². The van der Waals surface area contributed by atoms with Gasteiger partial charge in [-0.25, -0.2) is 9.37 Å². The second-order valence-corrected chi connectivity index (χ2v) is 4.37. The number of rotatable bonds is 4. The molecule has 0 saturated heterocycles. The van der Waals surface area contributed by atoms with Crippen LogP contribution in [0.1, 0.15) is 30.1 Å². The molecule has 1 aliphatic carbocycles. The van der Waals surface area contributed by atoms with Crippen LogP contribution in [0.2, 0.25) is 0 Å². The predicted octanol–water partition coefficient (Wildman–Crippen LogP) is 1.68. The molecule has 1 aliphatic rings. The summed E-state index contributed by atoms with van der Waals surface area (Å²) in [5.41, 5.74) is 5.76. The second-order valence-electron chi connectivity index (χ2n) is 4.37. The highest BCUT2D eigenvalue weighted by atomic mass is 19.1. The molecule has 1 amide bonds. The lowest BCUT2D eigenvalue weighted by Crippen LogP contribution is -2.33. The molecule has 2 N–H and O–H groups in total. The minimum atomic E-state index is -0.537. The maximum Gasteiger partial charge on any atom is 0.257 e. The van der Waals surface area contributed by atoms with E-state index >= 15 is 0 Å². The second kappa shape index (κ2) is 4.69. The van der Waals surface area contributed by atoms with Gasteiger partial charge in [0, 0.05) is 13.1 Å². The number of nitrogens with two attached hydrogens (primary N) is 1. The molecule has 5 heteroatoms. The fraction of sp³-hybridized carbons (Fsp3) is 0.500. The Morgan fingerprint density at radius 2 is 2.35 bits per heavy atom. The average molecular weight is 237 g/mol. The molecule has 0 atom stereocenters. The summed E-state index contributed by atoms with van der Waals surface area (Å²) in [6.45, 7) is 3.24. The number of hydrogen-bond acceptors (Lipinski definition) is 3. The third-order valence-electron chi connectivity index (χ3n) is 2.96. The van der Waals surface area contributed by atoms with E-state index in [-0.39, 0.29) is 17.3 Å². The first-order valence-corrected chi connectivity index (χ1v) is 5.82. The van der Waals surface area contributed by atoms with E-state index in [9.17, 15) is 9.18 Å². The van der Waals surface area contributed by atoms with Crippen molar-refractivity contribution in [2.75, 3.05) is 18.8 Å². The fourth-order valence-electron chi connectivity index (χ4n) is 1.76. The van der Waals surface area contributed by atoms with Crippen molar-refractivity contribution in [3.05, 3.63) is 23.6 Å². The Kier molecular flexibility index (Phi) is 3.26. The van der Waals surface area contributed by atoms with Gasteiger partial charge in [0.25, 0.3) is 5.91 Å². The highest BCUT2D eigenvalue weighted by molar-refractivity contribution is 5.98. The Morgan fingerprint density at radius 1 is 1.65 bits per heavy atom. The molecule has 0 bridgehead atoms. The average Bonchev–Trinajstić information content (AvgIpc) is 3.12. The lowest BCUT2D eigenvalue weighted by atomic mass is 10.2. The maximum atomic E-state index is 13.1. The van der Waals surface area contributed by atoms with Crippen LogP contribution < -0.4 is 5.73 Å². The van der Waals surface area contributed by atoms with Gasteiger partial charge in [0.05, 0.1) is 11.8 Å². The van der Waals surface area contributed by atoms with Gasteiger partial charge < -0.3 is 10.6 Å². The molecule has 1 saturated carbocycles. The molecule has 4 nitrogen and oxygen atoms in total. The molecule has 1 heterocycles. The summed E-state index contributed by atoms with van der Waals surface area (Å²) in [7, 11) is 0. The van der Waals surface area contributed by atoms with E-state index in [1.54, 1.807) is 4.90 Å². The number of pyridine rings is 1. The van der Waals surface area contributed by atoms with E-state index in [0.717, 1.165) is 18.8 Å².